The predicted molar refractivity (Wildman–Crippen MR) is 154 cm³/mol. The van der Waals surface area contributed by atoms with Crippen molar-refractivity contribution < 1.29 is 23.8 Å². The first-order valence-corrected chi connectivity index (χ1v) is 15.0. The molecule has 1 saturated carbocycles. The number of carbonyl (C=O) groups is 2. The zero-order valence-electron chi connectivity index (χ0n) is 24.1. The molecule has 2 aliphatic heterocycles. The number of fused-ring (bicyclic) bond motifs is 5. The number of halogens is 2. The molecule has 8 nitrogen and oxygen atoms in total. The first kappa shape index (κ1) is 27.5. The molecule has 1 aromatic carbocycles. The van der Waals surface area contributed by atoms with Crippen LogP contribution in [0.2, 0.25) is 5.02 Å². The number of hydrogen-bond donors (Lipinski definition) is 2. The third-order valence-electron chi connectivity index (χ3n) is 9.67. The molecule has 4 heterocycles. The normalized spacial score (nSPS) is 23.2. The number of aryl methyl sites for hydroxylation is 1. The highest BCUT2D eigenvalue weighted by atomic mass is 35.5. The number of ether oxygens (including phenoxy) is 1. The lowest BCUT2D eigenvalue weighted by atomic mass is 9.76. The smallest absolute Gasteiger partial charge is 0.343 e. The average molecular weight is 594 g/mol. The highest BCUT2D eigenvalue weighted by molar-refractivity contribution is 6.32. The Kier molecular flexibility index (Phi) is 5.96. The molecule has 0 bridgehead atoms. The number of benzene rings is 1. The number of cyclic esters (lactones) is 1. The van der Waals surface area contributed by atoms with Crippen molar-refractivity contribution in [3.05, 3.63) is 61.1 Å². The van der Waals surface area contributed by atoms with Gasteiger partial charge in [-0.25, -0.2) is 14.2 Å². The molecule has 0 unspecified atom stereocenters. The summed E-state index contributed by atoms with van der Waals surface area (Å²) in [7, 11) is 0. The summed E-state index contributed by atoms with van der Waals surface area (Å²) < 4.78 is 21.8. The number of hydrogen-bond acceptors (Lipinski definition) is 6. The molecule has 2 aliphatic carbocycles. The summed E-state index contributed by atoms with van der Waals surface area (Å²) in [4.78, 5) is 45.1. The van der Waals surface area contributed by atoms with Gasteiger partial charge in [-0.05, 0) is 60.6 Å². The molecule has 2 aromatic heterocycles. The topological polar surface area (TPSA) is 111 Å². The molecule has 2 N–H and O–H groups in total. The van der Waals surface area contributed by atoms with Gasteiger partial charge in [0.15, 0.2) is 5.60 Å². The third kappa shape index (κ3) is 3.82. The lowest BCUT2D eigenvalue weighted by Crippen LogP contribution is -2.44. The Hall–Kier alpha value is -3.30. The second-order valence-corrected chi connectivity index (χ2v) is 13.7. The van der Waals surface area contributed by atoms with Crippen molar-refractivity contribution in [3.63, 3.8) is 0 Å². The van der Waals surface area contributed by atoms with Crippen LogP contribution < -0.4 is 10.9 Å². The van der Waals surface area contributed by atoms with Gasteiger partial charge in [0.25, 0.3) is 5.56 Å². The number of aliphatic hydroxyl groups is 1. The first-order chi connectivity index (χ1) is 19.8. The van der Waals surface area contributed by atoms with Crippen LogP contribution in [0.1, 0.15) is 87.2 Å². The van der Waals surface area contributed by atoms with Gasteiger partial charge in [-0.2, -0.15) is 0 Å². The van der Waals surface area contributed by atoms with Crippen LogP contribution in [0.4, 0.5) is 4.39 Å². The fraction of sp³-hybridized carbons (Fsp3) is 0.500. The minimum absolute atomic E-state index is 0.00261. The Labute approximate surface area is 247 Å². The van der Waals surface area contributed by atoms with E-state index >= 15 is 4.39 Å². The molecule has 0 saturated heterocycles. The molecule has 7 rings (SSSR count). The van der Waals surface area contributed by atoms with E-state index in [9.17, 15) is 19.5 Å². The molecule has 0 radical (unpaired) electrons. The van der Waals surface area contributed by atoms with Gasteiger partial charge in [0.2, 0.25) is 5.91 Å². The predicted octanol–water partition coefficient (Wildman–Crippen LogP) is 5.05. The molecule has 42 heavy (non-hydrogen) atoms. The van der Waals surface area contributed by atoms with Crippen LogP contribution in [0.15, 0.2) is 16.9 Å². The standard InChI is InChI=1S/C32H33ClFN3O5/c1-5-32(41)18-10-22-27-16(12-37(22)29(39)17(18)13-42-30(32)40)24-20(36-28(38)25(14-6-7-14)31(2,3)4)9-8-15-23(24)21(35-27)11-19(34)26(15)33/h10-11,14,20,25,41H,5-9,12-13H2,1-4H3,(H,36,38)/t20-,25-,32-/m0/s1. The molecule has 10 heteroatoms. The first-order valence-electron chi connectivity index (χ1n) is 14.7. The summed E-state index contributed by atoms with van der Waals surface area (Å²) in [5.41, 5.74) is 1.40. The molecule has 1 fully saturated rings. The van der Waals surface area contributed by atoms with Crippen molar-refractivity contribution in [2.45, 2.75) is 84.6 Å². The van der Waals surface area contributed by atoms with Crippen molar-refractivity contribution in [1.82, 2.24) is 14.9 Å². The maximum Gasteiger partial charge on any atom is 0.343 e. The number of nitrogens with one attached hydrogen (secondary N) is 1. The van der Waals surface area contributed by atoms with E-state index in [2.05, 4.69) is 26.1 Å². The van der Waals surface area contributed by atoms with Crippen LogP contribution in [-0.2, 0) is 39.5 Å². The lowest BCUT2D eigenvalue weighted by molar-refractivity contribution is -0.172. The fourth-order valence-corrected chi connectivity index (χ4v) is 7.75. The lowest BCUT2D eigenvalue weighted by Gasteiger charge is -2.34. The summed E-state index contributed by atoms with van der Waals surface area (Å²) in [6.07, 6.45) is 3.09. The SMILES string of the molecule is CC[C@@]1(O)C(=O)OCc2c1cc1n(c2=O)Cc2c-1nc1cc(F)c(Cl)c3c1c2[C@@H](NC(=O)[C@H](C1CC1)C(C)(C)C)CC3. The Morgan fingerprint density at radius 3 is 2.64 bits per heavy atom. The van der Waals surface area contributed by atoms with Crippen LogP contribution in [0.25, 0.3) is 22.3 Å². The molecule has 3 atom stereocenters. The minimum atomic E-state index is -1.95. The van der Waals surface area contributed by atoms with Crippen molar-refractivity contribution in [1.29, 1.82) is 0 Å². The molecule has 0 spiro atoms. The van der Waals surface area contributed by atoms with Crippen LogP contribution in [0.5, 0.6) is 0 Å². The Balaban J connectivity index is 1.43. The van der Waals surface area contributed by atoms with Gasteiger partial charge >= 0.3 is 5.97 Å². The molecule has 1 amide bonds. The van der Waals surface area contributed by atoms with Crippen molar-refractivity contribution in [2.24, 2.45) is 17.3 Å². The van der Waals surface area contributed by atoms with E-state index < -0.39 is 17.4 Å². The largest absolute Gasteiger partial charge is 0.458 e. The maximum absolute atomic E-state index is 15.0. The van der Waals surface area contributed by atoms with Crippen LogP contribution in [-0.4, -0.2) is 26.5 Å². The number of aromatic nitrogens is 2. The van der Waals surface area contributed by atoms with E-state index in [1.807, 2.05) is 0 Å². The summed E-state index contributed by atoms with van der Waals surface area (Å²) in [5.74, 6) is -1.17. The second kappa shape index (κ2) is 9.10. The number of carbonyl (C=O) groups excluding carboxylic acids is 2. The molecule has 3 aromatic rings. The molecular formula is C32H33ClFN3O5. The maximum atomic E-state index is 15.0. The number of esters is 1. The van der Waals surface area contributed by atoms with Gasteiger partial charge in [0.1, 0.15) is 12.4 Å². The zero-order valence-corrected chi connectivity index (χ0v) is 24.8. The fourth-order valence-electron chi connectivity index (χ4n) is 7.50. The zero-order chi connectivity index (χ0) is 29.9. The van der Waals surface area contributed by atoms with E-state index in [-0.39, 0.29) is 64.6 Å². The van der Waals surface area contributed by atoms with Gasteiger partial charge in [-0.3, -0.25) is 9.59 Å². The number of amides is 1. The quantitative estimate of drug-likeness (QED) is 0.321. The summed E-state index contributed by atoms with van der Waals surface area (Å²) in [6, 6.07) is 2.56. The molecule has 220 valence electrons. The highest BCUT2D eigenvalue weighted by Crippen LogP contribution is 2.49. The number of pyridine rings is 2. The van der Waals surface area contributed by atoms with E-state index in [1.165, 1.54) is 6.07 Å². The number of rotatable bonds is 4. The summed E-state index contributed by atoms with van der Waals surface area (Å²) >= 11 is 6.49. The molecular weight excluding hydrogens is 561 g/mol. The van der Waals surface area contributed by atoms with Gasteiger partial charge < -0.3 is 19.7 Å². The summed E-state index contributed by atoms with van der Waals surface area (Å²) in [5, 5.41) is 15.3. The molecule has 4 aliphatic rings. The van der Waals surface area contributed by atoms with E-state index in [1.54, 1.807) is 17.6 Å². The van der Waals surface area contributed by atoms with Crippen LogP contribution >= 0.6 is 11.6 Å². The number of nitrogens with zero attached hydrogens (tertiary/aromatic N) is 2. The van der Waals surface area contributed by atoms with Crippen molar-refractivity contribution >= 4 is 34.4 Å². The average Bonchev–Trinajstić information content (AvgIpc) is 3.68. The van der Waals surface area contributed by atoms with Crippen molar-refractivity contribution in [2.75, 3.05) is 0 Å². The second-order valence-electron chi connectivity index (χ2n) is 13.3. The van der Waals surface area contributed by atoms with E-state index in [4.69, 9.17) is 21.3 Å². The van der Waals surface area contributed by atoms with Gasteiger partial charge in [0, 0.05) is 28.5 Å². The van der Waals surface area contributed by atoms with Gasteiger partial charge in [0.05, 0.1) is 40.1 Å². The monoisotopic (exact) mass is 593 g/mol. The Morgan fingerprint density at radius 2 is 1.98 bits per heavy atom. The van der Waals surface area contributed by atoms with E-state index in [0.717, 1.165) is 24.0 Å². The Bertz CT molecular complexity index is 1790. The Morgan fingerprint density at radius 1 is 1.24 bits per heavy atom. The van der Waals surface area contributed by atoms with Crippen LogP contribution in [0.3, 0.4) is 0 Å². The van der Waals surface area contributed by atoms with Crippen LogP contribution in [0, 0.1) is 23.1 Å². The third-order valence-corrected chi connectivity index (χ3v) is 10.1. The van der Waals surface area contributed by atoms with Crippen molar-refractivity contribution in [3.8, 4) is 11.4 Å². The highest BCUT2D eigenvalue weighted by Gasteiger charge is 2.47. The van der Waals surface area contributed by atoms with Gasteiger partial charge in [-0.1, -0.05) is 39.3 Å². The van der Waals surface area contributed by atoms with E-state index in [0.29, 0.717) is 46.6 Å². The minimum Gasteiger partial charge on any atom is -0.458 e. The van der Waals surface area contributed by atoms with Gasteiger partial charge in [-0.15, -0.1) is 0 Å². The summed E-state index contributed by atoms with van der Waals surface area (Å²) in [6.45, 7) is 7.87.